The first-order chi connectivity index (χ1) is 21.1. The zero-order chi connectivity index (χ0) is 31.7. The van der Waals surface area contributed by atoms with E-state index in [-0.39, 0.29) is 17.7 Å². The lowest BCUT2D eigenvalue weighted by Crippen LogP contribution is -2.45. The third kappa shape index (κ3) is 8.01. The van der Waals surface area contributed by atoms with Crippen LogP contribution in [0.15, 0.2) is 66.9 Å². The smallest absolute Gasteiger partial charge is 0.412 e. The van der Waals surface area contributed by atoms with Crippen molar-refractivity contribution in [2.45, 2.75) is 26.3 Å². The van der Waals surface area contributed by atoms with Gasteiger partial charge in [0.1, 0.15) is 5.75 Å². The Balaban J connectivity index is 1.54. The van der Waals surface area contributed by atoms with Crippen molar-refractivity contribution in [1.82, 2.24) is 15.3 Å². The molecule has 0 saturated carbocycles. The fourth-order valence-corrected chi connectivity index (χ4v) is 4.49. The molecule has 3 aromatic carbocycles. The number of carbonyl (C=O) groups is 2. The van der Waals surface area contributed by atoms with Crippen molar-refractivity contribution in [3.8, 4) is 24.0 Å². The number of amides is 2. The number of rotatable bonds is 12. The van der Waals surface area contributed by atoms with E-state index < -0.39 is 11.6 Å². The van der Waals surface area contributed by atoms with Crippen LogP contribution in [0.25, 0.3) is 10.8 Å². The molecule has 0 aliphatic carbocycles. The van der Waals surface area contributed by atoms with Gasteiger partial charge in [-0.15, -0.1) is 6.42 Å². The summed E-state index contributed by atoms with van der Waals surface area (Å²) in [6.45, 7) is 7.11. The number of benzene rings is 3. The molecule has 1 aromatic heterocycles. The molecule has 4 aromatic rings. The number of methoxy groups -OCH3 is 1. The summed E-state index contributed by atoms with van der Waals surface area (Å²) in [5.41, 5.74) is 1.26. The molecule has 0 unspecified atom stereocenters. The molecule has 11 nitrogen and oxygen atoms in total. The Hall–Kier alpha value is -5.18. The number of hydrogen-bond acceptors (Lipinski definition) is 8. The molecule has 1 heterocycles. The van der Waals surface area contributed by atoms with Crippen LogP contribution in [0.3, 0.4) is 0 Å². The second-order valence-corrected chi connectivity index (χ2v) is 10.7. The minimum absolute atomic E-state index is 0.222. The SMILES string of the molecule is C#Cc1cc(Nc2nccc(Oc3ccc(N(C(=O)O)C(C)(C)C)c4ccccc34)n2)cc(C(=O)NCCOCCOC)c1. The highest BCUT2D eigenvalue weighted by Crippen LogP contribution is 2.38. The van der Waals surface area contributed by atoms with Gasteiger partial charge in [-0.05, 0) is 51.1 Å². The van der Waals surface area contributed by atoms with Gasteiger partial charge in [0.05, 0.1) is 25.5 Å². The Morgan fingerprint density at radius 2 is 1.80 bits per heavy atom. The number of anilines is 3. The monoisotopic (exact) mass is 597 g/mol. The van der Waals surface area contributed by atoms with Gasteiger partial charge in [-0.3, -0.25) is 9.69 Å². The molecule has 3 N–H and O–H groups in total. The van der Waals surface area contributed by atoms with Gasteiger partial charge < -0.3 is 30.0 Å². The van der Waals surface area contributed by atoms with Gasteiger partial charge in [-0.1, -0.05) is 30.2 Å². The molecule has 11 heteroatoms. The van der Waals surface area contributed by atoms with Gasteiger partial charge in [0, 0.05) is 59.0 Å². The van der Waals surface area contributed by atoms with Crippen LogP contribution in [-0.4, -0.2) is 66.1 Å². The predicted molar refractivity (Wildman–Crippen MR) is 169 cm³/mol. The summed E-state index contributed by atoms with van der Waals surface area (Å²) in [5, 5.41) is 17.3. The molecule has 0 aliphatic rings. The third-order valence-corrected chi connectivity index (χ3v) is 6.39. The Morgan fingerprint density at radius 3 is 2.50 bits per heavy atom. The van der Waals surface area contributed by atoms with Gasteiger partial charge in [0.15, 0.2) is 0 Å². The van der Waals surface area contributed by atoms with Crippen LogP contribution in [0.1, 0.15) is 36.7 Å². The number of aromatic nitrogens is 2. The first kappa shape index (κ1) is 31.7. The molecule has 0 atom stereocenters. The van der Waals surface area contributed by atoms with Crippen molar-refractivity contribution in [3.05, 3.63) is 78.0 Å². The number of ether oxygens (including phenoxy) is 3. The van der Waals surface area contributed by atoms with Gasteiger partial charge in [-0.2, -0.15) is 4.98 Å². The number of nitrogens with zero attached hydrogens (tertiary/aromatic N) is 3. The summed E-state index contributed by atoms with van der Waals surface area (Å²) >= 11 is 0. The number of hydrogen-bond donors (Lipinski definition) is 3. The zero-order valence-electron chi connectivity index (χ0n) is 25.1. The molecule has 0 saturated heterocycles. The maximum atomic E-state index is 12.8. The van der Waals surface area contributed by atoms with E-state index >= 15 is 0 Å². The Labute approximate surface area is 256 Å². The average molecular weight is 598 g/mol. The van der Waals surface area contributed by atoms with Crippen molar-refractivity contribution >= 4 is 40.1 Å². The van der Waals surface area contributed by atoms with Crippen LogP contribution < -0.4 is 20.3 Å². The van der Waals surface area contributed by atoms with Gasteiger partial charge in [0.2, 0.25) is 11.8 Å². The maximum Gasteiger partial charge on any atom is 0.412 e. The number of fused-ring (bicyclic) bond motifs is 1. The van der Waals surface area contributed by atoms with Gasteiger partial charge in [0.25, 0.3) is 5.91 Å². The molecule has 228 valence electrons. The highest BCUT2D eigenvalue weighted by Gasteiger charge is 2.29. The first-order valence-corrected chi connectivity index (χ1v) is 13.9. The Bertz CT molecular complexity index is 1680. The minimum Gasteiger partial charge on any atom is -0.465 e. The third-order valence-electron chi connectivity index (χ3n) is 6.39. The normalized spacial score (nSPS) is 11.1. The highest BCUT2D eigenvalue weighted by molar-refractivity contribution is 6.04. The largest absolute Gasteiger partial charge is 0.465 e. The van der Waals surface area contributed by atoms with Crippen LogP contribution in [0, 0.1) is 12.3 Å². The minimum atomic E-state index is -1.05. The van der Waals surface area contributed by atoms with Gasteiger partial charge in [-0.25, -0.2) is 9.78 Å². The van der Waals surface area contributed by atoms with Crippen LogP contribution in [0.2, 0.25) is 0 Å². The summed E-state index contributed by atoms with van der Waals surface area (Å²) in [5.74, 6) is 3.23. The van der Waals surface area contributed by atoms with Gasteiger partial charge >= 0.3 is 6.09 Å². The first-order valence-electron chi connectivity index (χ1n) is 13.9. The molecule has 0 radical (unpaired) electrons. The van der Waals surface area contributed by atoms with E-state index in [1.807, 2.05) is 45.0 Å². The fourth-order valence-electron chi connectivity index (χ4n) is 4.49. The van der Waals surface area contributed by atoms with Crippen molar-refractivity contribution in [1.29, 1.82) is 0 Å². The van der Waals surface area contributed by atoms with E-state index in [1.165, 1.54) is 11.1 Å². The number of terminal acetylenes is 1. The van der Waals surface area contributed by atoms with Crippen LogP contribution in [0.5, 0.6) is 11.6 Å². The predicted octanol–water partition coefficient (Wildman–Crippen LogP) is 5.82. The van der Waals surface area contributed by atoms with Crippen molar-refractivity contribution in [2.75, 3.05) is 43.7 Å². The van der Waals surface area contributed by atoms with E-state index in [0.717, 1.165) is 5.39 Å². The molecule has 2 amide bonds. The number of nitrogens with one attached hydrogen (secondary N) is 2. The maximum absolute atomic E-state index is 12.8. The zero-order valence-corrected chi connectivity index (χ0v) is 25.1. The van der Waals surface area contributed by atoms with E-state index in [2.05, 4.69) is 26.5 Å². The van der Waals surface area contributed by atoms with E-state index in [9.17, 15) is 14.7 Å². The lowest BCUT2D eigenvalue weighted by molar-refractivity contribution is 0.0692. The lowest BCUT2D eigenvalue weighted by Gasteiger charge is -2.34. The van der Waals surface area contributed by atoms with Crippen LogP contribution in [0.4, 0.5) is 22.1 Å². The summed E-state index contributed by atoms with van der Waals surface area (Å²) in [6, 6.07) is 17.4. The van der Waals surface area contributed by atoms with Crippen molar-refractivity contribution in [3.63, 3.8) is 0 Å². The van der Waals surface area contributed by atoms with Crippen LogP contribution in [-0.2, 0) is 9.47 Å². The standard InChI is InChI=1S/C33H35N5O6/c1-6-22-19-23(30(39)34-15-16-43-18-17-42-5)21-24(20-22)36-31-35-14-13-29(37-31)44-28-12-11-27(25-9-7-8-10-26(25)28)38(32(40)41)33(2,3)4/h1,7-14,19-21H,15-18H2,2-5H3,(H,34,39)(H,40,41)(H,35,36,37). The molecular formula is C33H35N5O6. The number of carboxylic acid groups (broad SMARTS) is 1. The Morgan fingerprint density at radius 1 is 1.02 bits per heavy atom. The molecule has 0 spiro atoms. The second-order valence-electron chi connectivity index (χ2n) is 10.7. The molecule has 0 aliphatic heterocycles. The van der Waals surface area contributed by atoms with Crippen LogP contribution >= 0.6 is 0 Å². The van der Waals surface area contributed by atoms with Crippen molar-refractivity contribution in [2.24, 2.45) is 0 Å². The van der Waals surface area contributed by atoms with E-state index in [0.29, 0.717) is 60.0 Å². The number of carbonyl (C=O) groups excluding carboxylic acids is 1. The molecule has 4 rings (SSSR count). The highest BCUT2D eigenvalue weighted by atomic mass is 16.5. The summed E-state index contributed by atoms with van der Waals surface area (Å²) in [7, 11) is 1.59. The molecular weight excluding hydrogens is 562 g/mol. The second kappa shape index (κ2) is 14.3. The molecule has 0 bridgehead atoms. The summed E-state index contributed by atoms with van der Waals surface area (Å²) in [6.07, 6.45) is 6.13. The van der Waals surface area contributed by atoms with Crippen molar-refractivity contribution < 1.29 is 28.9 Å². The Kier molecular flexibility index (Phi) is 10.3. The summed E-state index contributed by atoms with van der Waals surface area (Å²) in [4.78, 5) is 35.0. The topological polar surface area (TPSA) is 135 Å². The molecule has 44 heavy (non-hydrogen) atoms. The fraction of sp³-hybridized carbons (Fsp3) is 0.273. The van der Waals surface area contributed by atoms with E-state index in [4.69, 9.17) is 20.6 Å². The van der Waals surface area contributed by atoms with E-state index in [1.54, 1.807) is 43.5 Å². The molecule has 0 fully saturated rings. The lowest BCUT2D eigenvalue weighted by atomic mass is 10.0. The quantitative estimate of drug-likeness (QED) is 0.136. The average Bonchev–Trinajstić information content (AvgIpc) is 2.99. The summed E-state index contributed by atoms with van der Waals surface area (Å²) < 4.78 is 16.5.